The van der Waals surface area contributed by atoms with Crippen molar-refractivity contribution < 1.29 is 4.74 Å². The smallest absolute Gasteiger partial charge is 0.0519 e. The quantitative estimate of drug-likeness (QED) is 0.810. The van der Waals surface area contributed by atoms with Crippen molar-refractivity contribution in [2.45, 2.75) is 64.5 Å². The number of piperidine rings is 1. The molecule has 2 bridgehead atoms. The number of ether oxygens (including phenoxy) is 1. The normalized spacial score (nSPS) is 39.3. The molecule has 0 spiro atoms. The first-order chi connectivity index (χ1) is 8.72. The average molecular weight is 251 g/mol. The molecule has 0 amide bonds. The van der Waals surface area contributed by atoms with Gasteiger partial charge in [0.15, 0.2) is 0 Å². The predicted molar refractivity (Wildman–Crippen MR) is 74.5 cm³/mol. The van der Waals surface area contributed by atoms with Gasteiger partial charge in [0.1, 0.15) is 0 Å². The molecule has 4 atom stereocenters. The molecular formula is C16H29NO. The summed E-state index contributed by atoms with van der Waals surface area (Å²) in [5, 5.41) is 3.76. The van der Waals surface area contributed by atoms with Crippen molar-refractivity contribution in [2.75, 3.05) is 13.2 Å². The van der Waals surface area contributed by atoms with E-state index >= 15 is 0 Å². The van der Waals surface area contributed by atoms with E-state index in [1.807, 2.05) is 0 Å². The van der Waals surface area contributed by atoms with Gasteiger partial charge in [-0.2, -0.15) is 0 Å². The van der Waals surface area contributed by atoms with Gasteiger partial charge in [-0.1, -0.05) is 26.7 Å². The molecule has 2 nitrogen and oxygen atoms in total. The second kappa shape index (κ2) is 5.50. The Morgan fingerprint density at radius 2 is 1.50 bits per heavy atom. The van der Waals surface area contributed by atoms with Crippen LogP contribution in [0.3, 0.4) is 0 Å². The Balaban J connectivity index is 1.42. The van der Waals surface area contributed by atoms with E-state index in [9.17, 15) is 0 Å². The van der Waals surface area contributed by atoms with E-state index in [-0.39, 0.29) is 0 Å². The zero-order valence-corrected chi connectivity index (χ0v) is 12.0. The van der Waals surface area contributed by atoms with Crippen LogP contribution in [0.5, 0.6) is 0 Å². The Hall–Kier alpha value is -0.0800. The van der Waals surface area contributed by atoms with Gasteiger partial charge >= 0.3 is 0 Å². The van der Waals surface area contributed by atoms with E-state index in [4.69, 9.17) is 4.74 Å². The number of fused-ring (bicyclic) bond motifs is 2. The lowest BCUT2D eigenvalue weighted by Gasteiger charge is -2.35. The largest absolute Gasteiger partial charge is 0.381 e. The second-order valence-electron chi connectivity index (χ2n) is 7.20. The number of hydrogen-bond donors (Lipinski definition) is 1. The minimum Gasteiger partial charge on any atom is -0.381 e. The minimum absolute atomic E-state index is 0.855. The molecule has 0 saturated carbocycles. The molecule has 0 aliphatic carbocycles. The lowest BCUT2D eigenvalue weighted by molar-refractivity contribution is -0.0596. The van der Waals surface area contributed by atoms with Crippen molar-refractivity contribution in [3.8, 4) is 0 Å². The van der Waals surface area contributed by atoms with Gasteiger partial charge in [0.25, 0.3) is 0 Å². The third-order valence-electron chi connectivity index (χ3n) is 5.86. The molecule has 3 saturated heterocycles. The predicted octanol–water partition coefficient (Wildman–Crippen LogP) is 3.22. The molecule has 3 heterocycles. The minimum atomic E-state index is 0.855. The lowest BCUT2D eigenvalue weighted by Crippen LogP contribution is -2.40. The molecule has 4 unspecified atom stereocenters. The average Bonchev–Trinajstić information content (AvgIpc) is 2.63. The molecule has 104 valence electrons. The fourth-order valence-corrected chi connectivity index (χ4v) is 4.15. The molecule has 0 radical (unpaired) electrons. The third-order valence-corrected chi connectivity index (χ3v) is 5.86. The van der Waals surface area contributed by atoms with Crippen LogP contribution in [0, 0.1) is 23.7 Å². The van der Waals surface area contributed by atoms with Crippen LogP contribution in [0.15, 0.2) is 0 Å². The van der Waals surface area contributed by atoms with Crippen molar-refractivity contribution in [1.29, 1.82) is 0 Å². The Morgan fingerprint density at radius 1 is 0.944 bits per heavy atom. The van der Waals surface area contributed by atoms with Crippen LogP contribution in [0.2, 0.25) is 0 Å². The van der Waals surface area contributed by atoms with Gasteiger partial charge in [0.05, 0.1) is 13.2 Å². The first-order valence-electron chi connectivity index (χ1n) is 8.06. The van der Waals surface area contributed by atoms with Crippen LogP contribution in [-0.4, -0.2) is 25.3 Å². The van der Waals surface area contributed by atoms with Crippen molar-refractivity contribution in [3.05, 3.63) is 0 Å². The van der Waals surface area contributed by atoms with Gasteiger partial charge < -0.3 is 10.1 Å². The fourth-order valence-electron chi connectivity index (χ4n) is 4.15. The van der Waals surface area contributed by atoms with Crippen molar-refractivity contribution in [3.63, 3.8) is 0 Å². The van der Waals surface area contributed by atoms with E-state index < -0.39 is 0 Å². The highest BCUT2D eigenvalue weighted by atomic mass is 16.5. The van der Waals surface area contributed by atoms with Crippen LogP contribution in [0.1, 0.15) is 52.4 Å². The summed E-state index contributed by atoms with van der Waals surface area (Å²) in [5.41, 5.74) is 0. The first-order valence-corrected chi connectivity index (χ1v) is 8.06. The zero-order chi connectivity index (χ0) is 12.5. The van der Waals surface area contributed by atoms with Crippen molar-refractivity contribution in [2.24, 2.45) is 23.7 Å². The maximum Gasteiger partial charge on any atom is 0.0519 e. The van der Waals surface area contributed by atoms with E-state index in [2.05, 4.69) is 19.2 Å². The highest BCUT2D eigenvalue weighted by Gasteiger charge is 2.35. The summed E-state index contributed by atoms with van der Waals surface area (Å²) in [6.45, 7) is 6.96. The highest BCUT2D eigenvalue weighted by molar-refractivity contribution is 4.93. The highest BCUT2D eigenvalue weighted by Crippen LogP contribution is 2.37. The summed E-state index contributed by atoms with van der Waals surface area (Å²) < 4.78 is 5.31. The first kappa shape index (κ1) is 12.9. The van der Waals surface area contributed by atoms with Crippen LogP contribution in [0.4, 0.5) is 0 Å². The molecule has 3 aliphatic heterocycles. The summed E-state index contributed by atoms with van der Waals surface area (Å²) in [4.78, 5) is 0. The number of hydrogen-bond acceptors (Lipinski definition) is 2. The molecule has 1 N–H and O–H groups in total. The van der Waals surface area contributed by atoms with Gasteiger partial charge in [-0.25, -0.2) is 0 Å². The molecule has 3 aliphatic rings. The van der Waals surface area contributed by atoms with Crippen molar-refractivity contribution in [1.82, 2.24) is 5.32 Å². The van der Waals surface area contributed by atoms with E-state index in [0.717, 1.165) is 49.0 Å². The molecule has 3 fully saturated rings. The molecule has 3 rings (SSSR count). The maximum atomic E-state index is 5.31. The van der Waals surface area contributed by atoms with E-state index in [1.54, 1.807) is 0 Å². The van der Waals surface area contributed by atoms with Gasteiger partial charge in [-0.15, -0.1) is 0 Å². The molecule has 0 aromatic heterocycles. The molecule has 0 aromatic rings. The van der Waals surface area contributed by atoms with Crippen molar-refractivity contribution >= 4 is 0 Å². The van der Waals surface area contributed by atoms with Gasteiger partial charge in [-0.05, 0) is 43.4 Å². The third kappa shape index (κ3) is 2.75. The Kier molecular flexibility index (Phi) is 3.95. The summed E-state index contributed by atoms with van der Waals surface area (Å²) >= 11 is 0. The van der Waals surface area contributed by atoms with Gasteiger partial charge in [-0.3, -0.25) is 0 Å². The van der Waals surface area contributed by atoms with E-state index in [0.29, 0.717) is 0 Å². The monoisotopic (exact) mass is 251 g/mol. The summed E-state index contributed by atoms with van der Waals surface area (Å²) in [6.07, 6.45) is 8.60. The molecular weight excluding hydrogens is 222 g/mol. The van der Waals surface area contributed by atoms with Crippen LogP contribution in [-0.2, 0) is 4.74 Å². The maximum absolute atomic E-state index is 5.31. The SMILES string of the molecule is CC(CCC(C)C1CC2CCC(C1)N2)C1COC1. The summed E-state index contributed by atoms with van der Waals surface area (Å²) in [6, 6.07) is 1.71. The molecule has 18 heavy (non-hydrogen) atoms. The number of rotatable bonds is 5. The summed E-state index contributed by atoms with van der Waals surface area (Å²) in [7, 11) is 0. The molecule has 0 aromatic carbocycles. The van der Waals surface area contributed by atoms with Gasteiger partial charge in [0, 0.05) is 18.0 Å². The standard InChI is InChI=1S/C16H29NO/c1-11(3-4-12(2)14-9-18-10-14)13-7-15-5-6-16(8-13)17-15/h11-17H,3-10H2,1-2H3. The second-order valence-corrected chi connectivity index (χ2v) is 7.20. The fraction of sp³-hybridized carbons (Fsp3) is 1.00. The topological polar surface area (TPSA) is 21.3 Å². The molecule has 2 heteroatoms. The Bertz CT molecular complexity index is 264. The Morgan fingerprint density at radius 3 is 2.00 bits per heavy atom. The number of nitrogens with one attached hydrogen (secondary N) is 1. The Labute approximate surface area is 112 Å². The lowest BCUT2D eigenvalue weighted by atomic mass is 9.78. The van der Waals surface area contributed by atoms with E-state index in [1.165, 1.54) is 38.5 Å². The summed E-state index contributed by atoms with van der Waals surface area (Å²) in [5.74, 6) is 3.66. The van der Waals surface area contributed by atoms with Gasteiger partial charge in [0.2, 0.25) is 0 Å². The van der Waals surface area contributed by atoms with Crippen LogP contribution in [0.25, 0.3) is 0 Å². The van der Waals surface area contributed by atoms with Crippen LogP contribution < -0.4 is 5.32 Å². The zero-order valence-electron chi connectivity index (χ0n) is 12.0. The van der Waals surface area contributed by atoms with Crippen LogP contribution >= 0.6 is 0 Å².